The van der Waals surface area contributed by atoms with Crippen LogP contribution in [0.25, 0.3) is 0 Å². The molecule has 4 rings (SSSR count). The van der Waals surface area contributed by atoms with Gasteiger partial charge < -0.3 is 24.5 Å². The Bertz CT molecular complexity index is 987. The molecule has 2 fully saturated rings. The number of carbonyl (C=O) groups is 3. The summed E-state index contributed by atoms with van der Waals surface area (Å²) in [5.41, 5.74) is -2.74. The molecular formula is C29H45N3O5. The van der Waals surface area contributed by atoms with Gasteiger partial charge in [0.1, 0.15) is 11.6 Å². The van der Waals surface area contributed by atoms with Crippen molar-refractivity contribution in [3.63, 3.8) is 0 Å². The summed E-state index contributed by atoms with van der Waals surface area (Å²) in [6.07, 6.45) is 9.83. The van der Waals surface area contributed by atoms with E-state index in [9.17, 15) is 19.5 Å². The molecule has 4 aliphatic rings. The lowest BCUT2D eigenvalue weighted by atomic mass is 9.73. The molecular weight excluding hydrogens is 470 g/mol. The Morgan fingerprint density at radius 2 is 1.70 bits per heavy atom. The highest BCUT2D eigenvalue weighted by Crippen LogP contribution is 2.59. The van der Waals surface area contributed by atoms with Crippen LogP contribution in [0.15, 0.2) is 24.3 Å². The van der Waals surface area contributed by atoms with Crippen LogP contribution in [0.2, 0.25) is 0 Å². The number of amides is 3. The van der Waals surface area contributed by atoms with Gasteiger partial charge in [-0.1, -0.05) is 58.4 Å². The van der Waals surface area contributed by atoms with E-state index < -0.39 is 40.7 Å². The van der Waals surface area contributed by atoms with E-state index in [1.165, 1.54) is 0 Å². The van der Waals surface area contributed by atoms with E-state index in [0.717, 1.165) is 12.8 Å². The second kappa shape index (κ2) is 9.84. The zero-order chi connectivity index (χ0) is 27.3. The minimum Gasteiger partial charge on any atom is -0.394 e. The first kappa shape index (κ1) is 27.8. The molecule has 4 aliphatic heterocycles. The first-order valence-electron chi connectivity index (χ1n) is 14.0. The van der Waals surface area contributed by atoms with Gasteiger partial charge >= 0.3 is 0 Å². The SMILES string of the molecule is CCCN1CC=C[C@]2(CC)O[C@]34C=CCN(C(C)(C)C)C(=O)C3N([C@@H](CO)[C@@H](C)CC)C(=O)[C@@H]4[C@@H]2C1=O. The van der Waals surface area contributed by atoms with Gasteiger partial charge in [-0.25, -0.2) is 0 Å². The quantitative estimate of drug-likeness (QED) is 0.527. The molecule has 8 heteroatoms. The molecule has 1 spiro atoms. The molecule has 0 aromatic rings. The molecule has 1 N–H and O–H groups in total. The van der Waals surface area contributed by atoms with Gasteiger partial charge in [-0.2, -0.15) is 0 Å². The van der Waals surface area contributed by atoms with Crippen LogP contribution in [0, 0.1) is 17.8 Å². The number of aliphatic hydroxyl groups is 1. The topological polar surface area (TPSA) is 90.4 Å². The highest BCUT2D eigenvalue weighted by Gasteiger charge is 2.76. The van der Waals surface area contributed by atoms with Crippen molar-refractivity contribution in [2.45, 2.75) is 96.6 Å². The summed E-state index contributed by atoms with van der Waals surface area (Å²) in [6, 6.07) is -1.50. The third-order valence-electron chi connectivity index (χ3n) is 9.11. The van der Waals surface area contributed by atoms with Crippen molar-refractivity contribution in [1.29, 1.82) is 0 Å². The van der Waals surface area contributed by atoms with E-state index in [1.807, 2.05) is 77.7 Å². The Hall–Kier alpha value is -2.19. The van der Waals surface area contributed by atoms with E-state index >= 15 is 0 Å². The van der Waals surface area contributed by atoms with Crippen molar-refractivity contribution >= 4 is 17.7 Å². The van der Waals surface area contributed by atoms with E-state index in [1.54, 1.807) is 9.80 Å². The molecule has 206 valence electrons. The van der Waals surface area contributed by atoms with Gasteiger partial charge in [-0.15, -0.1) is 0 Å². The number of hydrogen-bond donors (Lipinski definition) is 1. The van der Waals surface area contributed by atoms with Gasteiger partial charge in [0.25, 0.3) is 0 Å². The molecule has 37 heavy (non-hydrogen) atoms. The Morgan fingerprint density at radius 1 is 1.03 bits per heavy atom. The molecule has 2 saturated heterocycles. The summed E-state index contributed by atoms with van der Waals surface area (Å²) in [7, 11) is 0. The number of carbonyl (C=O) groups excluding carboxylic acids is 3. The van der Waals surface area contributed by atoms with Crippen molar-refractivity contribution in [3.05, 3.63) is 24.3 Å². The van der Waals surface area contributed by atoms with Crippen LogP contribution in [-0.4, -0.2) is 92.6 Å². The Morgan fingerprint density at radius 3 is 2.27 bits per heavy atom. The van der Waals surface area contributed by atoms with Crippen molar-refractivity contribution in [1.82, 2.24) is 14.7 Å². The lowest BCUT2D eigenvalue weighted by Crippen LogP contribution is -2.62. The molecule has 0 aromatic carbocycles. The highest BCUT2D eigenvalue weighted by atomic mass is 16.5. The Kier molecular flexibility index (Phi) is 7.40. The number of nitrogens with zero attached hydrogens (tertiary/aromatic N) is 3. The monoisotopic (exact) mass is 515 g/mol. The average Bonchev–Trinajstić information content (AvgIpc) is 3.13. The maximum Gasteiger partial charge on any atom is 0.249 e. The van der Waals surface area contributed by atoms with Gasteiger partial charge in [-0.05, 0) is 39.5 Å². The zero-order valence-corrected chi connectivity index (χ0v) is 23.6. The fourth-order valence-corrected chi connectivity index (χ4v) is 7.00. The second-order valence-electron chi connectivity index (χ2n) is 12.2. The fourth-order valence-electron chi connectivity index (χ4n) is 7.00. The first-order chi connectivity index (χ1) is 17.4. The summed E-state index contributed by atoms with van der Waals surface area (Å²) in [5.74, 6) is -2.17. The number of ether oxygens (including phenoxy) is 1. The van der Waals surface area contributed by atoms with Crippen molar-refractivity contribution in [2.24, 2.45) is 17.8 Å². The summed E-state index contributed by atoms with van der Waals surface area (Å²) in [5, 5.41) is 10.5. The fraction of sp³-hybridized carbons (Fsp3) is 0.759. The second-order valence-corrected chi connectivity index (χ2v) is 12.2. The third-order valence-corrected chi connectivity index (χ3v) is 9.11. The van der Waals surface area contributed by atoms with Crippen LogP contribution in [0.5, 0.6) is 0 Å². The van der Waals surface area contributed by atoms with E-state index in [0.29, 0.717) is 26.1 Å². The molecule has 7 atom stereocenters. The largest absolute Gasteiger partial charge is 0.394 e. The molecule has 1 unspecified atom stereocenters. The number of aliphatic hydroxyl groups excluding tert-OH is 1. The van der Waals surface area contributed by atoms with Gasteiger partial charge in [0, 0.05) is 25.2 Å². The zero-order valence-electron chi connectivity index (χ0n) is 23.6. The number of rotatable bonds is 7. The van der Waals surface area contributed by atoms with E-state index in [2.05, 4.69) is 0 Å². The lowest BCUT2D eigenvalue weighted by Gasteiger charge is -2.44. The molecule has 8 nitrogen and oxygen atoms in total. The summed E-state index contributed by atoms with van der Waals surface area (Å²) in [6.45, 7) is 15.2. The summed E-state index contributed by atoms with van der Waals surface area (Å²) in [4.78, 5) is 48.3. The van der Waals surface area contributed by atoms with Crippen LogP contribution >= 0.6 is 0 Å². The lowest BCUT2D eigenvalue weighted by molar-refractivity contribution is -0.160. The van der Waals surface area contributed by atoms with E-state index in [-0.39, 0.29) is 30.2 Å². The normalized spacial score (nSPS) is 35.3. The number of likely N-dealkylation sites (tertiary alicyclic amines) is 1. The van der Waals surface area contributed by atoms with Gasteiger partial charge in [-0.3, -0.25) is 14.4 Å². The summed E-state index contributed by atoms with van der Waals surface area (Å²) < 4.78 is 7.00. The van der Waals surface area contributed by atoms with Crippen LogP contribution in [0.1, 0.15) is 67.7 Å². The van der Waals surface area contributed by atoms with Crippen LogP contribution in [-0.2, 0) is 19.1 Å². The van der Waals surface area contributed by atoms with Gasteiger partial charge in [0.15, 0.2) is 0 Å². The minimum absolute atomic E-state index is 0.0369. The molecule has 4 heterocycles. The molecule has 0 bridgehead atoms. The molecule has 0 aromatic heterocycles. The van der Waals surface area contributed by atoms with Crippen LogP contribution in [0.4, 0.5) is 0 Å². The standard InChI is InChI=1S/C29H45N3O5/c1-8-15-30-16-11-13-28(10-3)21(24(30)34)22-25(35)32(20(18-33)19(4)9-2)23-26(36)31(27(5,6)7)17-12-14-29(22,23)37-28/h11-14,19-23,33H,8-10,15-18H2,1-7H3/t19-,20-,21+,22-,23?,28-,29-/m0/s1. The van der Waals surface area contributed by atoms with Crippen LogP contribution in [0.3, 0.4) is 0 Å². The maximum absolute atomic E-state index is 14.6. The third kappa shape index (κ3) is 4.06. The summed E-state index contributed by atoms with van der Waals surface area (Å²) >= 11 is 0. The smallest absolute Gasteiger partial charge is 0.249 e. The van der Waals surface area contributed by atoms with Gasteiger partial charge in [0.2, 0.25) is 17.7 Å². The molecule has 3 amide bonds. The van der Waals surface area contributed by atoms with E-state index in [4.69, 9.17) is 4.74 Å². The average molecular weight is 516 g/mol. The van der Waals surface area contributed by atoms with Crippen molar-refractivity contribution in [3.8, 4) is 0 Å². The van der Waals surface area contributed by atoms with Crippen molar-refractivity contribution in [2.75, 3.05) is 26.2 Å². The maximum atomic E-state index is 14.6. The number of fused-ring (bicyclic) bond motifs is 2. The minimum atomic E-state index is -1.29. The Balaban J connectivity index is 1.95. The predicted molar refractivity (Wildman–Crippen MR) is 141 cm³/mol. The molecule has 0 aliphatic carbocycles. The molecule has 0 radical (unpaired) electrons. The highest BCUT2D eigenvalue weighted by molar-refractivity contribution is 6.00. The molecule has 0 saturated carbocycles. The van der Waals surface area contributed by atoms with Crippen molar-refractivity contribution < 1.29 is 24.2 Å². The Labute approximate surface area is 221 Å². The van der Waals surface area contributed by atoms with Crippen LogP contribution < -0.4 is 0 Å². The number of hydrogen-bond acceptors (Lipinski definition) is 5. The van der Waals surface area contributed by atoms with Gasteiger partial charge in [0.05, 0.1) is 30.1 Å². The first-order valence-corrected chi connectivity index (χ1v) is 14.0. The predicted octanol–water partition coefficient (Wildman–Crippen LogP) is 2.76.